The molecule has 5 rings (SSSR count). The maximum absolute atomic E-state index is 15.1. The van der Waals surface area contributed by atoms with Gasteiger partial charge >= 0.3 is 18.2 Å². The van der Waals surface area contributed by atoms with Crippen LogP contribution < -0.4 is 15.1 Å². The summed E-state index contributed by atoms with van der Waals surface area (Å²) >= 11 is 0. The Morgan fingerprint density at radius 3 is 2.77 bits per heavy atom. The van der Waals surface area contributed by atoms with Crippen LogP contribution in [0.3, 0.4) is 0 Å². The molecular formula is C25H29FN6O7. The van der Waals surface area contributed by atoms with Gasteiger partial charge in [0.25, 0.3) is 0 Å². The Kier molecular flexibility index (Phi) is 7.37. The monoisotopic (exact) mass is 544 g/mol. The van der Waals surface area contributed by atoms with Crippen molar-refractivity contribution >= 4 is 35.4 Å². The number of rotatable bonds is 7. The van der Waals surface area contributed by atoms with Gasteiger partial charge in [-0.1, -0.05) is 0 Å². The summed E-state index contributed by atoms with van der Waals surface area (Å²) in [4.78, 5) is 52.9. The van der Waals surface area contributed by atoms with Gasteiger partial charge in [0.15, 0.2) is 0 Å². The van der Waals surface area contributed by atoms with Gasteiger partial charge in [-0.2, -0.15) is 5.10 Å². The maximum atomic E-state index is 15.1. The fraction of sp³-hybridized carbons (Fsp3) is 0.480. The van der Waals surface area contributed by atoms with Crippen molar-refractivity contribution in [3.05, 3.63) is 41.5 Å². The lowest BCUT2D eigenvalue weighted by molar-refractivity contribution is -0.154. The maximum Gasteiger partial charge on any atom is 0.419 e. The molecule has 2 aromatic rings. The van der Waals surface area contributed by atoms with Gasteiger partial charge in [0.05, 0.1) is 36.7 Å². The molecule has 14 heteroatoms. The normalized spacial score (nSPS) is 20.1. The van der Waals surface area contributed by atoms with E-state index in [9.17, 15) is 19.2 Å². The highest BCUT2D eigenvalue weighted by Crippen LogP contribution is 2.32. The number of hydrogen-bond donors (Lipinski definition) is 1. The van der Waals surface area contributed by atoms with Crippen molar-refractivity contribution in [1.82, 2.24) is 20.0 Å². The Morgan fingerprint density at radius 1 is 1.26 bits per heavy atom. The first-order valence-corrected chi connectivity index (χ1v) is 12.6. The molecule has 0 spiro atoms. The lowest BCUT2D eigenvalue weighted by atomic mass is 10.2. The molecule has 2 atom stereocenters. The summed E-state index contributed by atoms with van der Waals surface area (Å²) in [5.74, 6) is -1.69. The third-order valence-corrected chi connectivity index (χ3v) is 6.87. The van der Waals surface area contributed by atoms with Gasteiger partial charge in [0.2, 0.25) is 12.7 Å². The molecule has 39 heavy (non-hydrogen) atoms. The minimum absolute atomic E-state index is 0.0171. The zero-order valence-corrected chi connectivity index (χ0v) is 21.6. The molecule has 0 radical (unpaired) electrons. The molecule has 3 aliphatic rings. The van der Waals surface area contributed by atoms with Gasteiger partial charge in [0.1, 0.15) is 18.0 Å². The van der Waals surface area contributed by atoms with Gasteiger partial charge in [-0.15, -0.1) is 0 Å². The van der Waals surface area contributed by atoms with Gasteiger partial charge in [0, 0.05) is 32.3 Å². The molecule has 208 valence electrons. The molecule has 4 heterocycles. The number of cyclic esters (lactones) is 1. The van der Waals surface area contributed by atoms with E-state index in [-0.39, 0.29) is 18.8 Å². The van der Waals surface area contributed by atoms with Crippen LogP contribution in [-0.2, 0) is 43.9 Å². The first-order chi connectivity index (χ1) is 18.7. The van der Waals surface area contributed by atoms with Crippen LogP contribution in [0.5, 0.6) is 0 Å². The number of imide groups is 1. The SMILES string of the molecule is CC(=O)N(CC1CN(c2ccc(N3Cc4cn(C)nc4C3)c(F)c2)C(=O)O1)C(=O)OCOC(=O)[C@@H]1CCCN1. The molecule has 1 unspecified atom stereocenters. The van der Waals surface area contributed by atoms with Gasteiger partial charge in [-0.3, -0.25) is 19.2 Å². The topological polar surface area (TPSA) is 136 Å². The standard InChI is InChI=1S/C25H29FN6O7/c1-15(33)31(24(35)38-14-37-23(34)20-4-3-7-27-20)11-18-12-32(25(36)39-18)17-5-6-22(19(26)8-17)30-10-16-9-29(2)28-21(16)13-30/h5-6,8-9,18,20,27H,3-4,7,10-14H2,1-2H3/t18?,20-/m0/s1. The number of hydrogen-bond acceptors (Lipinski definition) is 10. The van der Waals surface area contributed by atoms with E-state index in [2.05, 4.69) is 10.4 Å². The Morgan fingerprint density at radius 2 is 2.08 bits per heavy atom. The smallest absolute Gasteiger partial charge is 0.419 e. The molecule has 1 aromatic carbocycles. The summed E-state index contributed by atoms with van der Waals surface area (Å²) in [5, 5.41) is 7.35. The van der Waals surface area contributed by atoms with E-state index in [1.807, 2.05) is 18.1 Å². The summed E-state index contributed by atoms with van der Waals surface area (Å²) < 4.78 is 32.0. The fourth-order valence-corrected chi connectivity index (χ4v) is 4.95. The summed E-state index contributed by atoms with van der Waals surface area (Å²) in [6.07, 6.45) is 0.731. The van der Waals surface area contributed by atoms with Crippen LogP contribution in [0.25, 0.3) is 0 Å². The van der Waals surface area contributed by atoms with Crippen molar-refractivity contribution in [2.45, 2.75) is 45.0 Å². The third kappa shape index (κ3) is 5.65. The molecule has 0 aliphatic carbocycles. The number of ether oxygens (including phenoxy) is 3. The van der Waals surface area contributed by atoms with E-state index in [1.165, 1.54) is 11.0 Å². The minimum atomic E-state index is -1.04. The van der Waals surface area contributed by atoms with E-state index in [4.69, 9.17) is 14.2 Å². The number of carbonyl (C=O) groups excluding carboxylic acids is 4. The van der Waals surface area contributed by atoms with Crippen molar-refractivity contribution < 1.29 is 37.8 Å². The van der Waals surface area contributed by atoms with Gasteiger partial charge in [-0.25, -0.2) is 18.9 Å². The largest absolute Gasteiger partial charge is 0.442 e. The summed E-state index contributed by atoms with van der Waals surface area (Å²) in [6, 6.07) is 4.01. The zero-order chi connectivity index (χ0) is 27.7. The molecule has 1 aromatic heterocycles. The number of anilines is 2. The average molecular weight is 545 g/mol. The van der Waals surface area contributed by atoms with Crippen LogP contribution >= 0.6 is 0 Å². The first-order valence-electron chi connectivity index (χ1n) is 12.6. The number of nitrogens with one attached hydrogen (secondary N) is 1. The number of aromatic nitrogens is 2. The second-order valence-corrected chi connectivity index (χ2v) is 9.65. The molecule has 13 nitrogen and oxygen atoms in total. The number of fused-ring (bicyclic) bond motifs is 1. The molecule has 0 bridgehead atoms. The van der Waals surface area contributed by atoms with E-state index >= 15 is 4.39 Å². The molecule has 2 fully saturated rings. The van der Waals surface area contributed by atoms with E-state index in [0.29, 0.717) is 31.7 Å². The summed E-state index contributed by atoms with van der Waals surface area (Å²) in [5.41, 5.74) is 2.59. The van der Waals surface area contributed by atoms with Crippen LogP contribution in [0.4, 0.5) is 25.4 Å². The predicted molar refractivity (Wildman–Crippen MR) is 133 cm³/mol. The number of aryl methyl sites for hydroxylation is 1. The molecular weight excluding hydrogens is 515 g/mol. The Hall–Kier alpha value is -4.20. The lowest BCUT2D eigenvalue weighted by Gasteiger charge is -2.22. The Balaban J connectivity index is 1.16. The molecule has 0 saturated carbocycles. The molecule has 3 aliphatic heterocycles. The zero-order valence-electron chi connectivity index (χ0n) is 21.6. The van der Waals surface area contributed by atoms with Crippen LogP contribution in [0.1, 0.15) is 31.0 Å². The van der Waals surface area contributed by atoms with E-state index in [0.717, 1.165) is 29.5 Å². The van der Waals surface area contributed by atoms with Crippen molar-refractivity contribution in [3.63, 3.8) is 0 Å². The highest BCUT2D eigenvalue weighted by atomic mass is 19.1. The number of carbonyl (C=O) groups is 4. The van der Waals surface area contributed by atoms with Gasteiger partial charge < -0.3 is 24.4 Å². The number of nitrogens with zero attached hydrogens (tertiary/aromatic N) is 5. The highest BCUT2D eigenvalue weighted by molar-refractivity contribution is 5.92. The van der Waals surface area contributed by atoms with Crippen molar-refractivity contribution in [2.24, 2.45) is 7.05 Å². The van der Waals surface area contributed by atoms with Crippen LogP contribution in [-0.4, -0.2) is 77.3 Å². The van der Waals surface area contributed by atoms with Crippen LogP contribution in [0.15, 0.2) is 24.4 Å². The highest BCUT2D eigenvalue weighted by Gasteiger charge is 2.37. The van der Waals surface area contributed by atoms with Crippen molar-refractivity contribution in [1.29, 1.82) is 0 Å². The Labute approximate surface area is 223 Å². The van der Waals surface area contributed by atoms with Crippen molar-refractivity contribution in [3.8, 4) is 0 Å². The molecule has 1 N–H and O–H groups in total. The number of amides is 3. The van der Waals surface area contributed by atoms with E-state index < -0.39 is 48.8 Å². The minimum Gasteiger partial charge on any atom is -0.442 e. The van der Waals surface area contributed by atoms with Crippen LogP contribution in [0, 0.1) is 5.82 Å². The number of benzene rings is 1. The third-order valence-electron chi connectivity index (χ3n) is 6.87. The quantitative estimate of drug-likeness (QED) is 0.405. The predicted octanol–water partition coefficient (Wildman–Crippen LogP) is 1.64. The summed E-state index contributed by atoms with van der Waals surface area (Å²) in [6.45, 7) is 1.92. The average Bonchev–Trinajstić information content (AvgIpc) is 3.67. The second-order valence-electron chi connectivity index (χ2n) is 9.65. The Bertz CT molecular complexity index is 1270. The summed E-state index contributed by atoms with van der Waals surface area (Å²) in [7, 11) is 1.84. The van der Waals surface area contributed by atoms with E-state index in [1.54, 1.807) is 16.8 Å². The number of esters is 1. The number of halogens is 1. The van der Waals surface area contributed by atoms with Crippen LogP contribution in [0.2, 0.25) is 0 Å². The first kappa shape index (κ1) is 26.4. The molecule has 2 saturated heterocycles. The fourth-order valence-electron chi connectivity index (χ4n) is 4.95. The molecule has 3 amide bonds. The second kappa shape index (κ2) is 10.9. The van der Waals surface area contributed by atoms with Crippen molar-refractivity contribution in [2.75, 3.05) is 36.2 Å². The van der Waals surface area contributed by atoms with Gasteiger partial charge in [-0.05, 0) is 37.6 Å². The lowest BCUT2D eigenvalue weighted by Crippen LogP contribution is -2.43.